The van der Waals surface area contributed by atoms with Crippen LogP contribution in [0.3, 0.4) is 0 Å². The summed E-state index contributed by atoms with van der Waals surface area (Å²) in [4.78, 5) is 28.4. The van der Waals surface area contributed by atoms with E-state index in [0.717, 1.165) is 11.1 Å². The van der Waals surface area contributed by atoms with Gasteiger partial charge in [-0.2, -0.15) is 5.10 Å². The molecule has 8 nitrogen and oxygen atoms in total. The van der Waals surface area contributed by atoms with Crippen molar-refractivity contribution in [3.8, 4) is 0 Å². The molecule has 28 heavy (non-hydrogen) atoms. The average molecular weight is 374 g/mol. The first-order valence-electron chi connectivity index (χ1n) is 8.74. The molecule has 0 atom stereocenters. The largest absolute Gasteiger partial charge is 0.342 e. The molecule has 0 radical (unpaired) electrons. The van der Waals surface area contributed by atoms with Crippen molar-refractivity contribution >= 4 is 23.0 Å². The summed E-state index contributed by atoms with van der Waals surface area (Å²) in [7, 11) is 0. The molecule has 3 aromatic heterocycles. The van der Waals surface area contributed by atoms with Crippen LogP contribution in [0.4, 0.5) is 5.69 Å². The van der Waals surface area contributed by atoms with E-state index in [1.54, 1.807) is 35.4 Å². The number of fused-ring (bicyclic) bond motifs is 1. The summed E-state index contributed by atoms with van der Waals surface area (Å²) in [5.41, 5.74) is 2.78. The summed E-state index contributed by atoms with van der Waals surface area (Å²) in [6.07, 6.45) is 7.09. The Morgan fingerprint density at radius 2 is 1.96 bits per heavy atom. The number of nitrogens with one attached hydrogen (secondary N) is 2. The van der Waals surface area contributed by atoms with E-state index in [2.05, 4.69) is 20.7 Å². The third-order valence-electron chi connectivity index (χ3n) is 4.15. The van der Waals surface area contributed by atoms with Gasteiger partial charge in [-0.05, 0) is 35.9 Å². The zero-order valence-electron chi connectivity index (χ0n) is 14.9. The molecular formula is C20H18N6O2. The van der Waals surface area contributed by atoms with Crippen molar-refractivity contribution in [2.75, 3.05) is 11.9 Å². The topological polar surface area (TPSA) is 93.3 Å². The van der Waals surface area contributed by atoms with Crippen LogP contribution in [0.5, 0.6) is 0 Å². The molecule has 0 spiro atoms. The van der Waals surface area contributed by atoms with E-state index < -0.39 is 5.91 Å². The van der Waals surface area contributed by atoms with E-state index in [9.17, 15) is 9.59 Å². The molecule has 0 aliphatic carbocycles. The lowest BCUT2D eigenvalue weighted by Crippen LogP contribution is -2.33. The van der Waals surface area contributed by atoms with Gasteiger partial charge in [0.05, 0.1) is 18.4 Å². The molecule has 0 saturated carbocycles. The fourth-order valence-electron chi connectivity index (χ4n) is 2.84. The lowest BCUT2D eigenvalue weighted by molar-refractivity contribution is -0.115. The first-order valence-corrected chi connectivity index (χ1v) is 8.74. The van der Waals surface area contributed by atoms with E-state index >= 15 is 0 Å². The predicted molar refractivity (Wildman–Crippen MR) is 104 cm³/mol. The summed E-state index contributed by atoms with van der Waals surface area (Å²) >= 11 is 0. The van der Waals surface area contributed by atoms with Gasteiger partial charge in [0.2, 0.25) is 5.91 Å². The minimum Gasteiger partial charge on any atom is -0.342 e. The Labute approximate surface area is 160 Å². The first kappa shape index (κ1) is 17.5. The minimum absolute atomic E-state index is 0.140. The van der Waals surface area contributed by atoms with Crippen LogP contribution in [-0.4, -0.2) is 37.5 Å². The average Bonchev–Trinajstić information content (AvgIpc) is 3.36. The summed E-state index contributed by atoms with van der Waals surface area (Å²) in [6, 6.07) is 14.8. The molecule has 0 bridgehead atoms. The number of benzene rings is 1. The number of aromatic nitrogens is 4. The zero-order chi connectivity index (χ0) is 19.3. The molecule has 8 heteroatoms. The highest BCUT2D eigenvalue weighted by Crippen LogP contribution is 2.12. The number of anilines is 1. The Balaban J connectivity index is 1.33. The predicted octanol–water partition coefficient (Wildman–Crippen LogP) is 1.95. The van der Waals surface area contributed by atoms with Crippen molar-refractivity contribution in [2.24, 2.45) is 0 Å². The van der Waals surface area contributed by atoms with Crippen molar-refractivity contribution < 1.29 is 9.59 Å². The van der Waals surface area contributed by atoms with E-state index in [1.165, 1.54) is 0 Å². The summed E-state index contributed by atoms with van der Waals surface area (Å²) in [6.45, 7) is 0.521. The highest BCUT2D eigenvalue weighted by molar-refractivity contribution is 5.98. The van der Waals surface area contributed by atoms with Gasteiger partial charge in [-0.3, -0.25) is 9.59 Å². The molecule has 2 amide bonds. The monoisotopic (exact) mass is 374 g/mol. The molecule has 140 valence electrons. The Hall–Kier alpha value is -3.94. The summed E-state index contributed by atoms with van der Waals surface area (Å²) in [5.74, 6) is -0.704. The number of carbonyl (C=O) groups is 2. The van der Waals surface area contributed by atoms with Gasteiger partial charge in [-0.1, -0.05) is 18.2 Å². The van der Waals surface area contributed by atoms with Gasteiger partial charge >= 0.3 is 0 Å². The van der Waals surface area contributed by atoms with Gasteiger partial charge in [0, 0.05) is 30.8 Å². The number of nitrogens with zero attached hydrogens (tertiary/aromatic N) is 4. The van der Waals surface area contributed by atoms with Crippen LogP contribution in [0.1, 0.15) is 16.1 Å². The van der Waals surface area contributed by atoms with E-state index in [-0.39, 0.29) is 18.1 Å². The number of rotatable bonds is 6. The highest BCUT2D eigenvalue weighted by Gasteiger charge is 2.12. The minimum atomic E-state index is -0.396. The lowest BCUT2D eigenvalue weighted by atomic mass is 10.2. The van der Waals surface area contributed by atoms with Crippen LogP contribution in [0.25, 0.3) is 5.52 Å². The van der Waals surface area contributed by atoms with Crippen molar-refractivity contribution in [3.05, 3.63) is 84.7 Å². The number of pyridine rings is 1. The van der Waals surface area contributed by atoms with E-state index in [4.69, 9.17) is 0 Å². The standard InChI is InChI=1S/C20H18N6O2/c27-19(12-22-20(28)18-11-17-6-1-2-8-26(17)24-18)23-16-5-3-4-15(10-16)13-25-9-7-21-14-25/h1-11,14H,12-13H2,(H,22,28)(H,23,27). The van der Waals surface area contributed by atoms with Gasteiger partial charge in [0.15, 0.2) is 5.69 Å². The quantitative estimate of drug-likeness (QED) is 0.539. The third-order valence-corrected chi connectivity index (χ3v) is 4.15. The van der Waals surface area contributed by atoms with E-state index in [0.29, 0.717) is 12.2 Å². The first-order chi connectivity index (χ1) is 13.7. The number of carbonyl (C=O) groups excluding carboxylic acids is 2. The number of hydrogen-bond acceptors (Lipinski definition) is 4. The summed E-state index contributed by atoms with van der Waals surface area (Å²) in [5, 5.41) is 9.57. The van der Waals surface area contributed by atoms with Crippen LogP contribution < -0.4 is 10.6 Å². The number of imidazole rings is 1. The molecule has 0 aliphatic heterocycles. The number of hydrogen-bond donors (Lipinski definition) is 2. The van der Waals surface area contributed by atoms with Crippen LogP contribution in [0.2, 0.25) is 0 Å². The maximum absolute atomic E-state index is 12.2. The van der Waals surface area contributed by atoms with Crippen molar-refractivity contribution in [1.29, 1.82) is 0 Å². The Morgan fingerprint density at radius 3 is 2.79 bits per heavy atom. The lowest BCUT2D eigenvalue weighted by Gasteiger charge is -2.08. The van der Waals surface area contributed by atoms with E-state index in [1.807, 2.05) is 47.2 Å². The van der Waals surface area contributed by atoms with Gasteiger partial charge in [0.25, 0.3) is 5.91 Å². The molecule has 1 aromatic carbocycles. The number of amides is 2. The second-order valence-electron chi connectivity index (χ2n) is 6.27. The van der Waals surface area contributed by atoms with Crippen molar-refractivity contribution in [3.63, 3.8) is 0 Å². The molecule has 0 saturated heterocycles. The fourth-order valence-corrected chi connectivity index (χ4v) is 2.84. The van der Waals surface area contributed by atoms with Crippen molar-refractivity contribution in [2.45, 2.75) is 6.54 Å². The molecule has 3 heterocycles. The Morgan fingerprint density at radius 1 is 1.04 bits per heavy atom. The maximum Gasteiger partial charge on any atom is 0.272 e. The van der Waals surface area contributed by atoms with Gasteiger partial charge in [-0.25, -0.2) is 9.50 Å². The van der Waals surface area contributed by atoms with Gasteiger partial charge in [-0.15, -0.1) is 0 Å². The Kier molecular flexibility index (Phi) is 4.83. The highest BCUT2D eigenvalue weighted by atomic mass is 16.2. The van der Waals surface area contributed by atoms with Crippen LogP contribution >= 0.6 is 0 Å². The van der Waals surface area contributed by atoms with Crippen molar-refractivity contribution in [1.82, 2.24) is 24.5 Å². The second-order valence-corrected chi connectivity index (χ2v) is 6.27. The smallest absolute Gasteiger partial charge is 0.272 e. The molecule has 4 rings (SSSR count). The fraction of sp³-hybridized carbons (Fsp3) is 0.100. The third kappa shape index (κ3) is 4.07. The van der Waals surface area contributed by atoms with Crippen LogP contribution in [0, 0.1) is 0 Å². The maximum atomic E-state index is 12.2. The SMILES string of the molecule is O=C(CNC(=O)c1cc2ccccn2n1)Nc1cccc(Cn2ccnc2)c1. The molecule has 4 aromatic rings. The molecular weight excluding hydrogens is 356 g/mol. The normalized spacial score (nSPS) is 10.7. The van der Waals surface area contributed by atoms with Crippen LogP contribution in [0.15, 0.2) is 73.4 Å². The van der Waals surface area contributed by atoms with Gasteiger partial charge < -0.3 is 15.2 Å². The molecule has 0 unspecified atom stereocenters. The summed E-state index contributed by atoms with van der Waals surface area (Å²) < 4.78 is 3.55. The van der Waals surface area contributed by atoms with Crippen LogP contribution in [-0.2, 0) is 11.3 Å². The molecule has 0 fully saturated rings. The Bertz CT molecular complexity index is 1080. The second kappa shape index (κ2) is 7.75. The van der Waals surface area contributed by atoms with Gasteiger partial charge in [0.1, 0.15) is 0 Å². The molecule has 0 aliphatic rings. The molecule has 2 N–H and O–H groups in total. The zero-order valence-corrected chi connectivity index (χ0v) is 14.9.